The molecule has 7 heteroatoms. The Bertz CT molecular complexity index is 757. The van der Waals surface area contributed by atoms with Gasteiger partial charge >= 0.3 is 0 Å². The van der Waals surface area contributed by atoms with Gasteiger partial charge in [-0.2, -0.15) is 0 Å². The van der Waals surface area contributed by atoms with E-state index in [1.54, 1.807) is 18.5 Å². The minimum Gasteiger partial charge on any atom is -0.333 e. The van der Waals surface area contributed by atoms with Gasteiger partial charge in [0.1, 0.15) is 0 Å². The van der Waals surface area contributed by atoms with Crippen LogP contribution in [0.5, 0.6) is 0 Å². The van der Waals surface area contributed by atoms with Gasteiger partial charge in [0.15, 0.2) is 5.16 Å². The van der Waals surface area contributed by atoms with Gasteiger partial charge in [0.2, 0.25) is 0 Å². The van der Waals surface area contributed by atoms with E-state index in [0.717, 1.165) is 22.0 Å². The minimum atomic E-state index is -0.414. The molecule has 6 nitrogen and oxygen atoms in total. The van der Waals surface area contributed by atoms with Gasteiger partial charge in [0, 0.05) is 30.3 Å². The maximum atomic E-state index is 10.7. The fraction of sp³-hybridized carbons (Fsp3) is 0.0769. The van der Waals surface area contributed by atoms with E-state index in [-0.39, 0.29) is 5.69 Å². The molecule has 0 fully saturated rings. The maximum Gasteiger partial charge on any atom is 0.271 e. The summed E-state index contributed by atoms with van der Waals surface area (Å²) in [7, 11) is 0. The second-order valence-electron chi connectivity index (χ2n) is 4.15. The Balaban J connectivity index is 1.80. The van der Waals surface area contributed by atoms with E-state index in [9.17, 15) is 10.1 Å². The van der Waals surface area contributed by atoms with Crippen LogP contribution in [0.4, 0.5) is 5.69 Å². The average molecular weight is 286 g/mol. The van der Waals surface area contributed by atoms with Gasteiger partial charge in [-0.3, -0.25) is 15.1 Å². The highest BCUT2D eigenvalue weighted by molar-refractivity contribution is 7.98. The number of aromatic amines is 1. The fourth-order valence-electron chi connectivity index (χ4n) is 1.79. The molecule has 3 aromatic rings. The van der Waals surface area contributed by atoms with E-state index >= 15 is 0 Å². The van der Waals surface area contributed by atoms with Crippen molar-refractivity contribution in [3.05, 3.63) is 58.4 Å². The Hall–Kier alpha value is -2.41. The highest BCUT2D eigenvalue weighted by atomic mass is 32.2. The smallest absolute Gasteiger partial charge is 0.271 e. The number of rotatable bonds is 4. The van der Waals surface area contributed by atoms with Gasteiger partial charge < -0.3 is 4.98 Å². The Morgan fingerprint density at radius 1 is 1.35 bits per heavy atom. The average Bonchev–Trinajstić information content (AvgIpc) is 2.88. The van der Waals surface area contributed by atoms with Gasteiger partial charge in [-0.25, -0.2) is 4.98 Å². The summed E-state index contributed by atoms with van der Waals surface area (Å²) in [5, 5.41) is 11.5. The van der Waals surface area contributed by atoms with Crippen molar-refractivity contribution in [2.45, 2.75) is 10.9 Å². The first-order valence-electron chi connectivity index (χ1n) is 5.88. The van der Waals surface area contributed by atoms with Gasteiger partial charge in [-0.1, -0.05) is 17.8 Å². The first-order chi connectivity index (χ1) is 9.72. The summed E-state index contributed by atoms with van der Waals surface area (Å²) in [5.41, 5.74) is 2.56. The number of nitro groups is 1. The molecule has 0 radical (unpaired) electrons. The lowest BCUT2D eigenvalue weighted by Crippen LogP contribution is -1.86. The third-order valence-electron chi connectivity index (χ3n) is 2.75. The predicted molar refractivity (Wildman–Crippen MR) is 76.5 cm³/mol. The van der Waals surface area contributed by atoms with Crippen LogP contribution in [0.3, 0.4) is 0 Å². The zero-order valence-electron chi connectivity index (χ0n) is 10.3. The number of nitro benzene ring substituents is 1. The Labute approximate surface area is 118 Å². The van der Waals surface area contributed by atoms with Crippen LogP contribution in [0.1, 0.15) is 5.56 Å². The number of hydrogen-bond acceptors (Lipinski definition) is 5. The monoisotopic (exact) mass is 286 g/mol. The summed E-state index contributed by atoms with van der Waals surface area (Å²) in [6.07, 6.45) is 3.54. The number of non-ortho nitro benzene ring substituents is 1. The lowest BCUT2D eigenvalue weighted by atomic mass is 10.3. The second-order valence-corrected chi connectivity index (χ2v) is 5.11. The number of pyridine rings is 1. The highest BCUT2D eigenvalue weighted by Crippen LogP contribution is 2.25. The van der Waals surface area contributed by atoms with E-state index in [4.69, 9.17) is 0 Å². The third-order valence-corrected chi connectivity index (χ3v) is 3.70. The number of imidazole rings is 1. The summed E-state index contributed by atoms with van der Waals surface area (Å²) in [6.45, 7) is 0. The maximum absolute atomic E-state index is 10.7. The van der Waals surface area contributed by atoms with Gasteiger partial charge in [0.25, 0.3) is 5.69 Å². The molecule has 0 unspecified atom stereocenters. The highest BCUT2D eigenvalue weighted by Gasteiger charge is 2.09. The molecule has 100 valence electrons. The lowest BCUT2D eigenvalue weighted by Gasteiger charge is -1.96. The largest absolute Gasteiger partial charge is 0.333 e. The number of nitrogens with one attached hydrogen (secondary N) is 1. The number of aromatic nitrogens is 3. The summed E-state index contributed by atoms with van der Waals surface area (Å²) >= 11 is 1.54. The first-order valence-corrected chi connectivity index (χ1v) is 6.87. The molecule has 0 aliphatic carbocycles. The normalized spacial score (nSPS) is 10.8. The van der Waals surface area contributed by atoms with Gasteiger partial charge in [-0.15, -0.1) is 0 Å². The number of H-pyrrole nitrogens is 1. The molecular weight excluding hydrogens is 276 g/mol. The zero-order chi connectivity index (χ0) is 13.9. The Morgan fingerprint density at radius 3 is 3.00 bits per heavy atom. The van der Waals surface area contributed by atoms with E-state index in [1.165, 1.54) is 23.9 Å². The van der Waals surface area contributed by atoms with Crippen molar-refractivity contribution in [2.75, 3.05) is 0 Å². The molecule has 2 aromatic heterocycles. The quantitative estimate of drug-likeness (QED) is 0.452. The molecule has 1 N–H and O–H groups in total. The standard InChI is InChI=1S/C13H10N4O2S/c18-17(19)10-3-4-11-12(6-10)16-13(15-11)20-8-9-2-1-5-14-7-9/h1-7H,8H2,(H,15,16). The van der Waals surface area contributed by atoms with Crippen molar-refractivity contribution in [2.24, 2.45) is 0 Å². The van der Waals surface area contributed by atoms with Gasteiger partial charge in [-0.05, 0) is 17.7 Å². The molecule has 0 amide bonds. The molecule has 20 heavy (non-hydrogen) atoms. The summed E-state index contributed by atoms with van der Waals surface area (Å²) in [5.74, 6) is 0.746. The van der Waals surface area contributed by atoms with Crippen molar-refractivity contribution < 1.29 is 4.92 Å². The Kier molecular flexibility index (Phi) is 3.34. The number of fused-ring (bicyclic) bond motifs is 1. The number of benzene rings is 1. The van der Waals surface area contributed by atoms with E-state index in [2.05, 4.69) is 15.0 Å². The molecular formula is C13H10N4O2S. The lowest BCUT2D eigenvalue weighted by molar-refractivity contribution is -0.384. The van der Waals surface area contributed by atoms with Crippen LogP contribution >= 0.6 is 11.8 Å². The fourth-order valence-corrected chi connectivity index (χ4v) is 2.61. The predicted octanol–water partition coefficient (Wildman–Crippen LogP) is 3.16. The van der Waals surface area contributed by atoms with Crippen molar-refractivity contribution in [3.8, 4) is 0 Å². The molecule has 0 aliphatic rings. The molecule has 1 aromatic carbocycles. The van der Waals surface area contributed by atoms with Crippen LogP contribution in [0, 0.1) is 10.1 Å². The van der Waals surface area contributed by atoms with Crippen LogP contribution < -0.4 is 0 Å². The summed E-state index contributed by atoms with van der Waals surface area (Å²) in [6, 6.07) is 8.48. The molecule has 0 atom stereocenters. The van der Waals surface area contributed by atoms with Crippen LogP contribution in [0.2, 0.25) is 0 Å². The first kappa shape index (κ1) is 12.6. The third kappa shape index (κ3) is 2.62. The molecule has 2 heterocycles. The van der Waals surface area contributed by atoms with Crippen molar-refractivity contribution in [1.29, 1.82) is 0 Å². The van der Waals surface area contributed by atoms with Crippen LogP contribution in [-0.2, 0) is 5.75 Å². The van der Waals surface area contributed by atoms with Crippen molar-refractivity contribution in [1.82, 2.24) is 15.0 Å². The molecule has 0 bridgehead atoms. The number of nitrogens with zero attached hydrogens (tertiary/aromatic N) is 3. The molecule has 0 aliphatic heterocycles. The number of hydrogen-bond donors (Lipinski definition) is 1. The summed E-state index contributed by atoms with van der Waals surface area (Å²) < 4.78 is 0. The van der Waals surface area contributed by atoms with Crippen LogP contribution in [-0.4, -0.2) is 19.9 Å². The Morgan fingerprint density at radius 2 is 2.25 bits per heavy atom. The second kappa shape index (κ2) is 5.30. The SMILES string of the molecule is O=[N+]([O-])c1ccc2nc(SCc3cccnc3)[nH]c2c1. The molecule has 0 saturated carbocycles. The van der Waals surface area contributed by atoms with Gasteiger partial charge in [0.05, 0.1) is 16.0 Å². The summed E-state index contributed by atoms with van der Waals surface area (Å²) in [4.78, 5) is 21.8. The van der Waals surface area contributed by atoms with Crippen molar-refractivity contribution in [3.63, 3.8) is 0 Å². The van der Waals surface area contributed by atoms with E-state index in [0.29, 0.717) is 5.52 Å². The number of thioether (sulfide) groups is 1. The van der Waals surface area contributed by atoms with Crippen LogP contribution in [0.15, 0.2) is 47.9 Å². The topological polar surface area (TPSA) is 84.7 Å². The van der Waals surface area contributed by atoms with Crippen LogP contribution in [0.25, 0.3) is 11.0 Å². The van der Waals surface area contributed by atoms with E-state index in [1.807, 2.05) is 12.1 Å². The minimum absolute atomic E-state index is 0.0601. The van der Waals surface area contributed by atoms with Crippen molar-refractivity contribution >= 4 is 28.5 Å². The molecule has 0 spiro atoms. The molecule has 3 rings (SSSR count). The van der Waals surface area contributed by atoms with E-state index < -0.39 is 4.92 Å². The molecule has 0 saturated heterocycles. The zero-order valence-corrected chi connectivity index (χ0v) is 11.1.